The lowest BCUT2D eigenvalue weighted by atomic mass is 10.1. The second kappa shape index (κ2) is 9.64. The van der Waals surface area contributed by atoms with Crippen LogP contribution in [0.2, 0.25) is 0 Å². The zero-order valence-electron chi connectivity index (χ0n) is 18.3. The lowest BCUT2D eigenvalue weighted by molar-refractivity contribution is 0.354. The predicted molar refractivity (Wildman–Crippen MR) is 123 cm³/mol. The number of sulfone groups is 1. The molecule has 1 aromatic heterocycles. The maximum atomic E-state index is 13.4. The lowest BCUT2D eigenvalue weighted by Crippen LogP contribution is -2.39. The third kappa shape index (κ3) is 5.11. The van der Waals surface area contributed by atoms with Crippen molar-refractivity contribution in [3.05, 3.63) is 64.7 Å². The van der Waals surface area contributed by atoms with Gasteiger partial charge in [-0.15, -0.1) is 11.3 Å². The molecule has 0 aliphatic carbocycles. The summed E-state index contributed by atoms with van der Waals surface area (Å²) in [6.07, 6.45) is 1.27. The topological polar surface area (TPSA) is 68.7 Å². The highest BCUT2D eigenvalue weighted by atomic mass is 32.2. The van der Waals surface area contributed by atoms with E-state index in [4.69, 9.17) is 9.47 Å². The van der Waals surface area contributed by atoms with E-state index in [9.17, 15) is 17.2 Å². The average Bonchev–Trinajstić information content (AvgIpc) is 3.26. The Labute approximate surface area is 195 Å². The van der Waals surface area contributed by atoms with E-state index in [2.05, 4.69) is 9.88 Å². The van der Waals surface area contributed by atoms with E-state index in [0.29, 0.717) is 49.4 Å². The second-order valence-corrected chi connectivity index (χ2v) is 10.9. The molecule has 0 spiro atoms. The minimum absolute atomic E-state index is 0.220. The van der Waals surface area contributed by atoms with Crippen LogP contribution in [0.4, 0.5) is 13.9 Å². The Morgan fingerprint density at radius 3 is 2.33 bits per heavy atom. The zero-order chi connectivity index (χ0) is 23.6. The Morgan fingerprint density at radius 2 is 1.70 bits per heavy atom. The summed E-state index contributed by atoms with van der Waals surface area (Å²) in [5, 5.41) is 2.15. The van der Waals surface area contributed by atoms with Crippen LogP contribution in [0.25, 0.3) is 0 Å². The largest absolute Gasteiger partial charge is 0.493 e. The number of anilines is 1. The number of ether oxygens (including phenoxy) is 2. The number of benzene rings is 2. The number of hydrogen-bond acceptors (Lipinski definition) is 7. The first-order valence-electron chi connectivity index (χ1n) is 10.4. The van der Waals surface area contributed by atoms with Gasteiger partial charge in [-0.2, -0.15) is 0 Å². The molecule has 1 saturated heterocycles. The molecule has 1 aliphatic heterocycles. The molecule has 33 heavy (non-hydrogen) atoms. The van der Waals surface area contributed by atoms with E-state index < -0.39 is 26.7 Å². The first kappa shape index (κ1) is 23.4. The molecule has 4 rings (SSSR count). The van der Waals surface area contributed by atoms with Crippen molar-refractivity contribution in [3.8, 4) is 11.5 Å². The van der Waals surface area contributed by atoms with Crippen LogP contribution >= 0.6 is 11.3 Å². The minimum atomic E-state index is -3.52. The number of thiazole rings is 1. The van der Waals surface area contributed by atoms with Crippen molar-refractivity contribution in [2.45, 2.75) is 29.4 Å². The quantitative estimate of drug-likeness (QED) is 0.483. The normalized spacial score (nSPS) is 15.0. The summed E-state index contributed by atoms with van der Waals surface area (Å²) in [7, 11) is -0.545. The summed E-state index contributed by atoms with van der Waals surface area (Å²) in [5.41, 5.74) is 1.24. The number of aromatic nitrogens is 1. The zero-order valence-corrected chi connectivity index (χ0v) is 19.9. The molecular formula is C23H24F2N2O4S2. The van der Waals surface area contributed by atoms with Gasteiger partial charge in [-0.1, -0.05) is 0 Å². The van der Waals surface area contributed by atoms with Crippen LogP contribution in [-0.2, 0) is 16.3 Å². The Balaban J connectivity index is 1.42. The van der Waals surface area contributed by atoms with Crippen molar-refractivity contribution in [2.75, 3.05) is 32.2 Å². The number of piperidine rings is 1. The Bertz CT molecular complexity index is 1220. The van der Waals surface area contributed by atoms with Crippen LogP contribution in [0, 0.1) is 11.6 Å². The van der Waals surface area contributed by atoms with Crippen LogP contribution in [0.1, 0.15) is 24.1 Å². The SMILES string of the molecule is COc1ccc(S(=O)(=O)C2CCN(c3nc(Cc4cc(F)cc(F)c4)cs3)CC2)cc1OC. The highest BCUT2D eigenvalue weighted by Gasteiger charge is 2.32. The van der Waals surface area contributed by atoms with Crippen LogP contribution in [0.3, 0.4) is 0 Å². The molecule has 0 N–H and O–H groups in total. The number of rotatable bonds is 7. The molecule has 0 radical (unpaired) electrons. The van der Waals surface area contributed by atoms with E-state index in [1.165, 1.54) is 43.8 Å². The number of halogens is 2. The van der Waals surface area contributed by atoms with Crippen LogP contribution in [0.15, 0.2) is 46.7 Å². The molecule has 0 atom stereocenters. The van der Waals surface area contributed by atoms with E-state index in [-0.39, 0.29) is 4.90 Å². The van der Waals surface area contributed by atoms with Gasteiger partial charge < -0.3 is 14.4 Å². The van der Waals surface area contributed by atoms with Crippen LogP contribution in [0.5, 0.6) is 11.5 Å². The van der Waals surface area contributed by atoms with Gasteiger partial charge in [-0.05, 0) is 42.7 Å². The summed E-state index contributed by atoms with van der Waals surface area (Å²) in [6, 6.07) is 8.09. The third-order valence-electron chi connectivity index (χ3n) is 5.68. The summed E-state index contributed by atoms with van der Waals surface area (Å²) < 4.78 is 63.7. The van der Waals surface area contributed by atoms with Crippen molar-refractivity contribution in [2.24, 2.45) is 0 Å². The molecule has 10 heteroatoms. The molecule has 1 aliphatic rings. The third-order valence-corrected chi connectivity index (χ3v) is 8.89. The summed E-state index contributed by atoms with van der Waals surface area (Å²) >= 11 is 1.45. The van der Waals surface area contributed by atoms with Crippen molar-refractivity contribution in [1.29, 1.82) is 0 Å². The molecule has 1 fully saturated rings. The molecular weight excluding hydrogens is 470 g/mol. The van der Waals surface area contributed by atoms with Gasteiger partial charge >= 0.3 is 0 Å². The second-order valence-electron chi connectivity index (χ2n) is 7.82. The van der Waals surface area contributed by atoms with Gasteiger partial charge in [0.25, 0.3) is 0 Å². The number of hydrogen-bond donors (Lipinski definition) is 0. The summed E-state index contributed by atoms with van der Waals surface area (Å²) in [6.45, 7) is 1.11. The van der Waals surface area contributed by atoms with Gasteiger partial charge in [-0.3, -0.25) is 0 Å². The highest BCUT2D eigenvalue weighted by molar-refractivity contribution is 7.92. The Hall–Kier alpha value is -2.72. The maximum Gasteiger partial charge on any atom is 0.185 e. The van der Waals surface area contributed by atoms with E-state index >= 15 is 0 Å². The minimum Gasteiger partial charge on any atom is -0.493 e. The van der Waals surface area contributed by atoms with Crippen molar-refractivity contribution in [3.63, 3.8) is 0 Å². The van der Waals surface area contributed by atoms with Crippen molar-refractivity contribution in [1.82, 2.24) is 4.98 Å². The van der Waals surface area contributed by atoms with Gasteiger partial charge in [0.1, 0.15) is 11.6 Å². The molecule has 6 nitrogen and oxygen atoms in total. The fourth-order valence-electron chi connectivity index (χ4n) is 3.99. The van der Waals surface area contributed by atoms with Gasteiger partial charge in [0.2, 0.25) is 0 Å². The molecule has 2 aromatic carbocycles. The molecule has 176 valence electrons. The molecule has 0 bridgehead atoms. The predicted octanol–water partition coefficient (Wildman–Crippen LogP) is 4.47. The van der Waals surface area contributed by atoms with Gasteiger partial charge in [-0.25, -0.2) is 22.2 Å². The average molecular weight is 495 g/mol. The van der Waals surface area contributed by atoms with Gasteiger partial charge in [0, 0.05) is 37.0 Å². The smallest absolute Gasteiger partial charge is 0.185 e. The molecule has 2 heterocycles. The number of methoxy groups -OCH3 is 2. The summed E-state index contributed by atoms with van der Waals surface area (Å²) in [4.78, 5) is 6.87. The van der Waals surface area contributed by atoms with E-state index in [1.54, 1.807) is 12.1 Å². The Morgan fingerprint density at radius 1 is 1.03 bits per heavy atom. The van der Waals surface area contributed by atoms with Gasteiger partial charge in [0.15, 0.2) is 26.5 Å². The van der Waals surface area contributed by atoms with E-state index in [0.717, 1.165) is 16.9 Å². The standard InChI is InChI=1S/C23H24F2N2O4S2/c1-30-21-4-3-20(13-22(21)31-2)33(28,29)19-5-7-27(8-6-19)23-26-18(14-32-23)11-15-9-16(24)12-17(25)10-15/h3-4,9-10,12-14,19H,5-8,11H2,1-2H3. The van der Waals surface area contributed by atoms with Crippen LogP contribution in [-0.4, -0.2) is 46.0 Å². The number of nitrogens with zero attached hydrogens (tertiary/aromatic N) is 2. The highest BCUT2D eigenvalue weighted by Crippen LogP contribution is 2.34. The van der Waals surface area contributed by atoms with Crippen molar-refractivity contribution < 1.29 is 26.7 Å². The molecule has 0 unspecified atom stereocenters. The molecule has 0 amide bonds. The first-order chi connectivity index (χ1) is 15.8. The monoisotopic (exact) mass is 494 g/mol. The van der Waals surface area contributed by atoms with E-state index in [1.807, 2.05) is 5.38 Å². The van der Waals surface area contributed by atoms with Crippen LogP contribution < -0.4 is 14.4 Å². The first-order valence-corrected chi connectivity index (χ1v) is 12.8. The fraction of sp³-hybridized carbons (Fsp3) is 0.348. The molecule has 3 aromatic rings. The Kier molecular flexibility index (Phi) is 6.85. The lowest BCUT2D eigenvalue weighted by Gasteiger charge is -2.31. The summed E-state index contributed by atoms with van der Waals surface area (Å²) in [5.74, 6) is -0.368. The van der Waals surface area contributed by atoms with Crippen molar-refractivity contribution >= 4 is 26.3 Å². The van der Waals surface area contributed by atoms with Gasteiger partial charge in [0.05, 0.1) is 30.1 Å². The maximum absolute atomic E-state index is 13.4. The fourth-order valence-corrected chi connectivity index (χ4v) is 6.61. The molecule has 0 saturated carbocycles.